The number of rotatable bonds is 1. The highest BCUT2D eigenvalue weighted by atomic mass is 16.5. The Labute approximate surface area is 162 Å². The van der Waals surface area contributed by atoms with Crippen LogP contribution < -0.4 is 0 Å². The first-order valence-electron chi connectivity index (χ1n) is 11.0. The van der Waals surface area contributed by atoms with Gasteiger partial charge in [0.15, 0.2) is 0 Å². The maximum absolute atomic E-state index is 11.6. The van der Waals surface area contributed by atoms with Crippen LogP contribution in [0.2, 0.25) is 0 Å². The fourth-order valence-corrected chi connectivity index (χ4v) is 8.35. The molecule has 7 atom stereocenters. The number of carbonyl (C=O) groups is 1. The third kappa shape index (κ3) is 2.47. The van der Waals surface area contributed by atoms with Gasteiger partial charge in [0.2, 0.25) is 0 Å². The smallest absolute Gasteiger partial charge is 0.331 e. The lowest BCUT2D eigenvalue weighted by Gasteiger charge is -2.60. The van der Waals surface area contributed by atoms with E-state index in [0.29, 0.717) is 29.3 Å². The molecule has 4 heteroatoms. The molecule has 0 spiro atoms. The minimum absolute atomic E-state index is 0.137. The Morgan fingerprint density at radius 1 is 1.07 bits per heavy atom. The Morgan fingerprint density at radius 2 is 1.89 bits per heavy atom. The van der Waals surface area contributed by atoms with Crippen molar-refractivity contribution in [1.29, 1.82) is 0 Å². The highest BCUT2D eigenvalue weighted by Gasteiger charge is 2.60. The lowest BCUT2D eigenvalue weighted by atomic mass is 9.44. The van der Waals surface area contributed by atoms with Gasteiger partial charge in [0, 0.05) is 6.08 Å². The summed E-state index contributed by atoms with van der Waals surface area (Å²) >= 11 is 0. The first-order valence-corrected chi connectivity index (χ1v) is 11.0. The van der Waals surface area contributed by atoms with E-state index in [1.807, 2.05) is 0 Å². The second-order valence-corrected chi connectivity index (χ2v) is 10.5. The summed E-state index contributed by atoms with van der Waals surface area (Å²) in [6.07, 6.45) is 12.8. The molecule has 5 rings (SSSR count). The van der Waals surface area contributed by atoms with E-state index in [0.717, 1.165) is 36.3 Å². The average molecular weight is 372 g/mol. The number of cyclic esters (lactones) is 1. The molecule has 0 aromatic carbocycles. The fraction of sp³-hybridized carbons (Fsp3) is 0.826. The van der Waals surface area contributed by atoms with Crippen LogP contribution >= 0.6 is 0 Å². The van der Waals surface area contributed by atoms with Gasteiger partial charge >= 0.3 is 5.97 Å². The molecule has 1 unspecified atom stereocenters. The first kappa shape index (κ1) is 17.8. The highest BCUT2D eigenvalue weighted by molar-refractivity contribution is 5.85. The molecule has 0 bridgehead atoms. The largest absolute Gasteiger partial charge is 0.458 e. The van der Waals surface area contributed by atoms with Gasteiger partial charge in [0.05, 0.1) is 5.71 Å². The second kappa shape index (κ2) is 6.09. The average Bonchev–Trinajstić information content (AvgIpc) is 3.23. The Hall–Kier alpha value is -1.32. The minimum Gasteiger partial charge on any atom is -0.458 e. The van der Waals surface area contributed by atoms with Crippen molar-refractivity contribution in [3.05, 3.63) is 11.6 Å². The molecule has 1 aliphatic heterocycles. The van der Waals surface area contributed by atoms with E-state index >= 15 is 0 Å². The second-order valence-electron chi connectivity index (χ2n) is 10.5. The number of hydrogen-bond acceptors (Lipinski definition) is 4. The van der Waals surface area contributed by atoms with Crippen LogP contribution in [0.25, 0.3) is 0 Å². The van der Waals surface area contributed by atoms with Crippen LogP contribution in [0.3, 0.4) is 0 Å². The van der Waals surface area contributed by atoms with Gasteiger partial charge in [-0.25, -0.2) is 4.79 Å². The van der Waals surface area contributed by atoms with Crippen LogP contribution in [0.1, 0.15) is 71.6 Å². The monoisotopic (exact) mass is 371 g/mol. The third-order valence-electron chi connectivity index (χ3n) is 9.77. The number of carbonyl (C=O) groups excluding carboxylic acids is 1. The summed E-state index contributed by atoms with van der Waals surface area (Å²) in [5, 5.41) is 12.8. The number of esters is 1. The van der Waals surface area contributed by atoms with E-state index < -0.39 is 0 Å². The quantitative estimate of drug-likeness (QED) is 0.403. The zero-order valence-corrected chi connectivity index (χ0v) is 16.7. The summed E-state index contributed by atoms with van der Waals surface area (Å²) in [6, 6.07) is 0. The van der Waals surface area contributed by atoms with Gasteiger partial charge in [-0.2, -0.15) is 0 Å². The number of ether oxygens (including phenoxy) is 1. The molecule has 4 nitrogen and oxygen atoms in total. The molecular formula is C23H33NO3. The lowest BCUT2D eigenvalue weighted by Crippen LogP contribution is -2.53. The van der Waals surface area contributed by atoms with E-state index in [4.69, 9.17) is 4.74 Å². The predicted molar refractivity (Wildman–Crippen MR) is 103 cm³/mol. The molecule has 0 aromatic rings. The van der Waals surface area contributed by atoms with Gasteiger partial charge in [-0.15, -0.1) is 0 Å². The van der Waals surface area contributed by atoms with Gasteiger partial charge < -0.3 is 9.94 Å². The van der Waals surface area contributed by atoms with Crippen molar-refractivity contribution in [2.24, 2.45) is 45.6 Å². The van der Waals surface area contributed by atoms with Crippen LogP contribution in [0.4, 0.5) is 0 Å². The van der Waals surface area contributed by atoms with Gasteiger partial charge in [-0.3, -0.25) is 0 Å². The van der Waals surface area contributed by atoms with Crippen molar-refractivity contribution in [2.45, 2.75) is 71.6 Å². The number of hydrogen-bond donors (Lipinski definition) is 1. The van der Waals surface area contributed by atoms with Crippen molar-refractivity contribution in [1.82, 2.24) is 0 Å². The molecule has 5 aliphatic rings. The summed E-state index contributed by atoms with van der Waals surface area (Å²) in [7, 11) is 0. The van der Waals surface area contributed by atoms with Crippen LogP contribution in [-0.2, 0) is 9.53 Å². The maximum Gasteiger partial charge on any atom is 0.331 e. The SMILES string of the molecule is C[C@]12CC[C@H]3[C@@H](CCC4CC(=NO)CC[C@@]43C)[C@@H]1CC[C@@H]2C1=CC(=O)OC1. The first-order chi connectivity index (χ1) is 13.0. The van der Waals surface area contributed by atoms with E-state index in [2.05, 4.69) is 19.0 Å². The molecule has 4 saturated carbocycles. The molecule has 0 aromatic heterocycles. The third-order valence-corrected chi connectivity index (χ3v) is 9.77. The number of fused-ring (bicyclic) bond motifs is 5. The van der Waals surface area contributed by atoms with Crippen molar-refractivity contribution >= 4 is 11.7 Å². The summed E-state index contributed by atoms with van der Waals surface area (Å²) < 4.78 is 5.25. The number of nitrogens with zero attached hydrogens (tertiary/aromatic N) is 1. The van der Waals surface area contributed by atoms with E-state index in [1.165, 1.54) is 50.5 Å². The fourth-order valence-electron chi connectivity index (χ4n) is 8.35. The maximum atomic E-state index is 11.6. The van der Waals surface area contributed by atoms with E-state index in [-0.39, 0.29) is 5.97 Å². The molecular weight excluding hydrogens is 338 g/mol. The lowest BCUT2D eigenvalue weighted by molar-refractivity contribution is -0.135. The van der Waals surface area contributed by atoms with Gasteiger partial charge in [-0.05, 0) is 104 Å². The van der Waals surface area contributed by atoms with Gasteiger partial charge in [0.25, 0.3) is 0 Å². The van der Waals surface area contributed by atoms with E-state index in [1.54, 1.807) is 6.08 Å². The van der Waals surface area contributed by atoms with Crippen LogP contribution in [0.15, 0.2) is 16.8 Å². The molecule has 1 N–H and O–H groups in total. The molecule has 0 saturated heterocycles. The van der Waals surface area contributed by atoms with Crippen molar-refractivity contribution < 1.29 is 14.7 Å². The summed E-state index contributed by atoms with van der Waals surface area (Å²) in [4.78, 5) is 11.6. The van der Waals surface area contributed by atoms with Crippen molar-refractivity contribution in [3.63, 3.8) is 0 Å². The molecule has 27 heavy (non-hydrogen) atoms. The van der Waals surface area contributed by atoms with Crippen molar-refractivity contribution in [2.75, 3.05) is 6.61 Å². The Kier molecular flexibility index (Phi) is 4.00. The Morgan fingerprint density at radius 3 is 2.63 bits per heavy atom. The van der Waals surface area contributed by atoms with Gasteiger partial charge in [-0.1, -0.05) is 19.0 Å². The zero-order chi connectivity index (χ0) is 18.8. The summed E-state index contributed by atoms with van der Waals surface area (Å²) in [5.74, 6) is 3.55. The molecule has 0 radical (unpaired) electrons. The Bertz CT molecular complexity index is 712. The minimum atomic E-state index is -0.137. The van der Waals surface area contributed by atoms with Crippen LogP contribution in [0, 0.1) is 40.4 Å². The highest BCUT2D eigenvalue weighted by Crippen LogP contribution is 2.68. The number of oxime groups is 1. The van der Waals surface area contributed by atoms with Crippen molar-refractivity contribution in [3.8, 4) is 0 Å². The predicted octanol–water partition coefficient (Wildman–Crippen LogP) is 4.96. The molecule has 1 heterocycles. The molecule has 148 valence electrons. The van der Waals surface area contributed by atoms with Crippen LogP contribution in [0.5, 0.6) is 0 Å². The summed E-state index contributed by atoms with van der Waals surface area (Å²) in [5.41, 5.74) is 3.05. The summed E-state index contributed by atoms with van der Waals surface area (Å²) in [6.45, 7) is 5.59. The zero-order valence-electron chi connectivity index (χ0n) is 16.7. The molecule has 4 fully saturated rings. The van der Waals surface area contributed by atoms with Crippen LogP contribution in [-0.4, -0.2) is 23.5 Å². The standard InChI is InChI=1S/C23H33NO3/c1-22-9-7-16(24-26)12-15(22)3-4-17-19-6-5-18(14-11-21(25)27-13-14)23(19,2)10-8-20(17)22/h11,15,17-20,26H,3-10,12-13H2,1-2H3/t15?,17-,18+,19-,20-,22-,23+/m0/s1. The normalized spacial score (nSPS) is 50.6. The Balaban J connectivity index is 1.41. The molecule has 0 amide bonds. The topological polar surface area (TPSA) is 58.9 Å². The van der Waals surface area contributed by atoms with Gasteiger partial charge in [0.1, 0.15) is 6.61 Å². The molecule has 4 aliphatic carbocycles. The van der Waals surface area contributed by atoms with E-state index in [9.17, 15) is 10.0 Å².